The van der Waals surface area contributed by atoms with Crippen molar-refractivity contribution in [2.45, 2.75) is 319 Å². The smallest absolute Gasteiger partial charge is 0.242 e. The SMILES string of the molecule is CCCCCCNC(=O)CCC(=O)N1Cc2ccccc2-c2nnn(CCCCCC(=O)NC(CCC(=O)NC(CCC(=O)NCCCCCCO[C@@H]3O[C@H](C)[C@H](O)C[C@H]3NC(C)=O)C(=O)NCCCCCCO[C@@H]3O[C@H](CO)[C@H](O)[C@H](O)[C@H]3NC(C)=O)C(=O)NCCCCCCO[C@@H]3O[C@H](CO)[C@H](O)[C@H](O)[C@H]3NC(C)=O)c2-c2ccccc21. The topological polar surface area (TPSA) is 510 Å². The van der Waals surface area contributed by atoms with Crippen LogP contribution in [0.25, 0.3) is 22.5 Å². The van der Waals surface area contributed by atoms with E-state index in [0.717, 1.165) is 55.2 Å². The summed E-state index contributed by atoms with van der Waals surface area (Å²) < 4.78 is 36.6. The van der Waals surface area contributed by atoms with Gasteiger partial charge in [-0.15, -0.1) is 5.10 Å². The highest BCUT2D eigenvalue weighted by atomic mass is 16.7. The molecule has 3 saturated heterocycles. The normalized spacial score (nSPS) is 23.2. The van der Waals surface area contributed by atoms with Gasteiger partial charge in [-0.2, -0.15) is 0 Å². The summed E-state index contributed by atoms with van der Waals surface area (Å²) in [6.07, 6.45) is -0.0754. The van der Waals surface area contributed by atoms with Gasteiger partial charge >= 0.3 is 0 Å². The van der Waals surface area contributed by atoms with Crippen molar-refractivity contribution in [1.29, 1.82) is 0 Å². The van der Waals surface area contributed by atoms with Gasteiger partial charge in [-0.05, 0) is 89.2 Å². The number of rotatable bonds is 53. The van der Waals surface area contributed by atoms with E-state index in [1.54, 1.807) is 16.5 Å². The molecule has 2 unspecified atom stereocenters. The van der Waals surface area contributed by atoms with Crippen molar-refractivity contribution in [1.82, 2.24) is 62.8 Å². The molecule has 0 spiro atoms. The number of aryl methyl sites for hydroxylation is 1. The molecule has 5 heterocycles. The third-order valence-electron chi connectivity index (χ3n) is 21.5. The van der Waals surface area contributed by atoms with Crippen LogP contribution in [0.4, 0.5) is 5.69 Å². The lowest BCUT2D eigenvalue weighted by Crippen LogP contribution is -2.64. The van der Waals surface area contributed by atoms with Crippen molar-refractivity contribution >= 4 is 64.8 Å². The van der Waals surface area contributed by atoms with Crippen molar-refractivity contribution in [3.63, 3.8) is 0 Å². The molecule has 36 heteroatoms. The molecule has 0 radical (unpaired) electrons. The Kier molecular flexibility index (Phi) is 43.5. The van der Waals surface area contributed by atoms with Crippen molar-refractivity contribution < 1.29 is 112 Å². The van der Waals surface area contributed by atoms with Crippen LogP contribution in [0.5, 0.6) is 0 Å². The predicted molar refractivity (Wildman–Crippen MR) is 435 cm³/mol. The summed E-state index contributed by atoms with van der Waals surface area (Å²) in [5, 5.41) is 106. The Labute approximate surface area is 696 Å². The quantitative estimate of drug-likeness (QED) is 0.0359. The van der Waals surface area contributed by atoms with Gasteiger partial charge in [-0.3, -0.25) is 47.9 Å². The number of aliphatic hydroxyl groups is 7. The van der Waals surface area contributed by atoms with Crippen LogP contribution in [0, 0.1) is 0 Å². The highest BCUT2D eigenvalue weighted by Crippen LogP contribution is 2.42. The molecule has 666 valence electrons. The van der Waals surface area contributed by atoms with Crippen LogP contribution in [-0.2, 0) is 89.5 Å². The lowest BCUT2D eigenvalue weighted by atomic mass is 9.95. The summed E-state index contributed by atoms with van der Waals surface area (Å²) in [6.45, 7) is 9.02. The van der Waals surface area contributed by atoms with Gasteiger partial charge in [0, 0.05) is 123 Å². The molecule has 0 bridgehead atoms. The molecule has 3 fully saturated rings. The van der Waals surface area contributed by atoms with Gasteiger partial charge in [0.15, 0.2) is 18.9 Å². The molecule has 0 saturated carbocycles. The van der Waals surface area contributed by atoms with Crippen LogP contribution >= 0.6 is 0 Å². The highest BCUT2D eigenvalue weighted by molar-refractivity contribution is 6.01. The minimum Gasteiger partial charge on any atom is -0.394 e. The van der Waals surface area contributed by atoms with Crippen molar-refractivity contribution in [3.8, 4) is 22.5 Å². The molecule has 10 amide bonds. The average Bonchev–Trinajstić information content (AvgIpc) is 1.68. The Morgan fingerprint density at radius 2 is 0.958 bits per heavy atom. The standard InChI is InChI=1S/C83H131N13O23/c1-6-7-8-21-40-85-67(104)38-39-70(107)95-49-56-29-17-18-30-57(56)71-74(58-31-19-20-32-62(58)95)96(94-93-71)44-25-15-16-33-68(105)91-60(80(113)87-43-24-11-14-28-47-116-83-73(90-55(5)101)78(111)76(109)65(51-98)119-83)35-37-69(106)92-59(34-36-66(103)84-41-22-9-12-26-45-114-81-61(88-53(3)99)48-63(102)52(2)117-81)79(112)86-42-23-10-13-27-46-115-82-72(89-54(4)100)77(110)75(108)64(50-97)118-82/h17-20,29-32,52,59-61,63-65,72-73,75-78,81-83,97-98,102,108-111H,6-16,21-28,33-51H2,1-5H3,(H,84,103)(H,85,104)(H,86,112)(H,87,113)(H,88,99)(H,89,100)(H,90,101)(H,91,105)(H,92,106)/t52-,59?,60?,61-,63-,64-,65-,72-,73-,75+,76+,77-,78-,81-,82-,83-/m1/s1. The number of amides is 10. The fraction of sp³-hybridized carbons (Fsp3) is 0.711. The number of hydrogen-bond donors (Lipinski definition) is 16. The maximum Gasteiger partial charge on any atom is 0.242 e. The third-order valence-corrected chi connectivity index (χ3v) is 21.5. The number of carbonyl (C=O) groups is 10. The van der Waals surface area contributed by atoms with Gasteiger partial charge < -0.3 is 117 Å². The lowest BCUT2D eigenvalue weighted by molar-refractivity contribution is -0.270. The molecule has 4 aliphatic heterocycles. The first-order valence-electron chi connectivity index (χ1n) is 42.7. The van der Waals surface area contributed by atoms with Crippen LogP contribution in [0.15, 0.2) is 48.5 Å². The number of carbonyl (C=O) groups excluding carboxylic acids is 10. The summed E-state index contributed by atoms with van der Waals surface area (Å²) in [5.74, 6) is -4.21. The van der Waals surface area contributed by atoms with Gasteiger partial charge in [-0.25, -0.2) is 4.68 Å². The molecule has 119 heavy (non-hydrogen) atoms. The predicted octanol–water partition coefficient (Wildman–Crippen LogP) is 1.99. The molecular formula is C83H131N13O23. The monoisotopic (exact) mass is 1680 g/mol. The van der Waals surface area contributed by atoms with Crippen molar-refractivity contribution in [2.75, 3.05) is 64.1 Å². The zero-order chi connectivity index (χ0) is 86.2. The second-order valence-corrected chi connectivity index (χ2v) is 31.2. The number of benzene rings is 2. The second kappa shape index (κ2) is 52.8. The van der Waals surface area contributed by atoms with E-state index in [4.69, 9.17) is 33.5 Å². The number of aliphatic hydroxyl groups excluding tert-OH is 7. The number of ether oxygens (including phenoxy) is 6. The van der Waals surface area contributed by atoms with Crippen molar-refractivity contribution in [3.05, 3.63) is 54.1 Å². The zero-order valence-electron chi connectivity index (χ0n) is 69.7. The summed E-state index contributed by atoms with van der Waals surface area (Å²) >= 11 is 0. The Morgan fingerprint density at radius 3 is 1.49 bits per heavy atom. The first-order chi connectivity index (χ1) is 57.3. The largest absolute Gasteiger partial charge is 0.394 e. The van der Waals surface area contributed by atoms with Gasteiger partial charge in [0.05, 0.1) is 49.4 Å². The van der Waals surface area contributed by atoms with E-state index in [1.807, 2.05) is 48.5 Å². The summed E-state index contributed by atoms with van der Waals surface area (Å²) in [4.78, 5) is 134. The number of fused-ring (bicyclic) bond motifs is 5. The molecule has 16 atom stereocenters. The number of para-hydroxylation sites is 1. The zero-order valence-corrected chi connectivity index (χ0v) is 69.7. The Morgan fingerprint density at radius 1 is 0.496 bits per heavy atom. The van der Waals surface area contributed by atoms with Crippen molar-refractivity contribution in [2.24, 2.45) is 0 Å². The summed E-state index contributed by atoms with van der Waals surface area (Å²) in [7, 11) is 0. The molecule has 0 aliphatic carbocycles. The second-order valence-electron chi connectivity index (χ2n) is 31.2. The molecule has 2 aromatic carbocycles. The lowest BCUT2D eigenvalue weighted by Gasteiger charge is -2.42. The van der Waals surface area contributed by atoms with Crippen LogP contribution in [0.2, 0.25) is 0 Å². The van der Waals surface area contributed by atoms with Gasteiger partial charge in [0.25, 0.3) is 0 Å². The van der Waals surface area contributed by atoms with E-state index >= 15 is 0 Å². The summed E-state index contributed by atoms with van der Waals surface area (Å²) in [5.41, 5.74) is 4.39. The van der Waals surface area contributed by atoms with E-state index in [0.29, 0.717) is 133 Å². The number of unbranched alkanes of at least 4 members (excludes halogenated alkanes) is 14. The molecule has 3 aromatic rings. The molecular weight excluding hydrogens is 1550 g/mol. The number of hydrogen-bond acceptors (Lipinski definition) is 25. The van der Waals surface area contributed by atoms with Crippen LogP contribution in [0.3, 0.4) is 0 Å². The maximum atomic E-state index is 14.2. The van der Waals surface area contributed by atoms with E-state index in [9.17, 15) is 83.7 Å². The number of aromatic nitrogens is 3. The highest BCUT2D eigenvalue weighted by Gasteiger charge is 2.47. The number of anilines is 1. The molecule has 36 nitrogen and oxygen atoms in total. The number of nitrogens with zero attached hydrogens (tertiary/aromatic N) is 4. The molecule has 1 aromatic heterocycles. The average molecular weight is 1680 g/mol. The Bertz CT molecular complexity index is 3650. The van der Waals surface area contributed by atoms with Crippen LogP contribution in [-0.4, -0.2) is 267 Å². The van der Waals surface area contributed by atoms with Crippen LogP contribution in [0.1, 0.15) is 214 Å². The fourth-order valence-electron chi connectivity index (χ4n) is 14.8. The molecule has 4 aliphatic rings. The third kappa shape index (κ3) is 32.6. The van der Waals surface area contributed by atoms with Crippen LogP contribution < -0.4 is 52.8 Å². The first kappa shape index (κ1) is 97.9. The van der Waals surface area contributed by atoms with E-state index < -0.39 is 147 Å². The Balaban J connectivity index is 0.959. The fourth-order valence-corrected chi connectivity index (χ4v) is 14.8. The molecule has 16 N–H and O–H groups in total. The van der Waals surface area contributed by atoms with Gasteiger partial charge in [-0.1, -0.05) is 119 Å². The van der Waals surface area contributed by atoms with E-state index in [2.05, 4.69) is 60.0 Å². The van der Waals surface area contributed by atoms with Gasteiger partial charge in [0.2, 0.25) is 59.1 Å². The Hall–Kier alpha value is -8.24. The van der Waals surface area contributed by atoms with E-state index in [1.165, 1.54) is 20.8 Å². The minimum atomic E-state index is -1.47. The number of nitrogens with one attached hydrogen (secondary N) is 9. The molecule has 7 rings (SSSR count). The first-order valence-corrected chi connectivity index (χ1v) is 42.7. The van der Waals surface area contributed by atoms with E-state index in [-0.39, 0.29) is 101 Å². The maximum absolute atomic E-state index is 14.2. The van der Waals surface area contributed by atoms with Gasteiger partial charge in [0.1, 0.15) is 66.5 Å². The summed E-state index contributed by atoms with van der Waals surface area (Å²) in [6, 6.07) is 10.1. The minimum absolute atomic E-state index is 0.00315.